The van der Waals surface area contributed by atoms with Crippen molar-refractivity contribution in [1.82, 2.24) is 0 Å². The normalized spacial score (nSPS) is 19.2. The van der Waals surface area contributed by atoms with Gasteiger partial charge < -0.3 is 14.8 Å². The first kappa shape index (κ1) is 22.3. The Morgan fingerprint density at radius 1 is 1.00 bits per heavy atom. The molecule has 0 aromatic heterocycles. The van der Waals surface area contributed by atoms with Crippen molar-refractivity contribution >= 4 is 35.1 Å². The zero-order chi connectivity index (χ0) is 23.4. The van der Waals surface area contributed by atoms with E-state index in [0.29, 0.717) is 36.6 Å². The number of para-hydroxylation sites is 2. The van der Waals surface area contributed by atoms with Gasteiger partial charge in [-0.1, -0.05) is 30.4 Å². The van der Waals surface area contributed by atoms with Crippen molar-refractivity contribution in [1.29, 1.82) is 0 Å². The van der Waals surface area contributed by atoms with Gasteiger partial charge in [-0.15, -0.1) is 0 Å². The molecule has 0 saturated carbocycles. The lowest BCUT2D eigenvalue weighted by molar-refractivity contribution is -0.122. The number of allylic oxidation sites excluding steroid dienone is 2. The quantitative estimate of drug-likeness (QED) is 0.396. The van der Waals surface area contributed by atoms with Gasteiger partial charge in [0.1, 0.15) is 5.75 Å². The summed E-state index contributed by atoms with van der Waals surface area (Å²) < 4.78 is 10.6. The molecule has 2 atom stereocenters. The molecule has 2 aliphatic rings. The lowest BCUT2D eigenvalue weighted by Gasteiger charge is -2.15. The molecule has 0 spiro atoms. The number of benzene rings is 2. The van der Waals surface area contributed by atoms with Crippen LogP contribution in [0, 0.1) is 11.8 Å². The number of esters is 1. The van der Waals surface area contributed by atoms with E-state index in [1.807, 2.05) is 19.1 Å². The molecule has 1 N–H and O–H groups in total. The number of carbonyl (C=O) groups excluding carboxylic acids is 4. The monoisotopic (exact) mass is 448 g/mol. The second-order valence-electron chi connectivity index (χ2n) is 7.77. The number of anilines is 2. The van der Waals surface area contributed by atoms with Crippen LogP contribution in [0.4, 0.5) is 11.4 Å². The zero-order valence-electron chi connectivity index (χ0n) is 18.2. The third-order valence-electron chi connectivity index (χ3n) is 5.64. The van der Waals surface area contributed by atoms with Crippen molar-refractivity contribution in [3.63, 3.8) is 0 Å². The van der Waals surface area contributed by atoms with Gasteiger partial charge in [0.15, 0.2) is 6.61 Å². The molecule has 1 saturated heterocycles. The fourth-order valence-electron chi connectivity index (χ4n) is 4.08. The molecule has 2 aromatic carbocycles. The van der Waals surface area contributed by atoms with Gasteiger partial charge >= 0.3 is 5.97 Å². The van der Waals surface area contributed by atoms with E-state index in [1.165, 1.54) is 12.1 Å². The largest absolute Gasteiger partial charge is 0.492 e. The van der Waals surface area contributed by atoms with Crippen LogP contribution >= 0.6 is 0 Å². The van der Waals surface area contributed by atoms with Crippen molar-refractivity contribution < 1.29 is 28.7 Å². The van der Waals surface area contributed by atoms with E-state index in [0.717, 1.165) is 4.90 Å². The highest BCUT2D eigenvalue weighted by atomic mass is 16.5. The highest BCUT2D eigenvalue weighted by Crippen LogP contribution is 2.37. The van der Waals surface area contributed by atoms with E-state index < -0.39 is 18.5 Å². The Balaban J connectivity index is 1.40. The van der Waals surface area contributed by atoms with Gasteiger partial charge in [-0.05, 0) is 50.1 Å². The van der Waals surface area contributed by atoms with Crippen LogP contribution in [0.1, 0.15) is 30.1 Å². The standard InChI is InChI=1S/C25H24N2O6/c1-2-32-21-13-6-5-12-20(21)26-22(28)15-33-25(31)16-8-7-9-17(14-16)27-23(29)18-10-3-4-11-19(18)24(27)30/h3-9,12-14,18-19H,2,10-11,15H2,1H3,(H,26,28)/t18-,19-/m1/s1. The number of fused-ring (bicyclic) bond motifs is 1. The van der Waals surface area contributed by atoms with E-state index in [2.05, 4.69) is 5.32 Å². The highest BCUT2D eigenvalue weighted by Gasteiger charge is 2.47. The Hall–Kier alpha value is -3.94. The molecule has 3 amide bonds. The van der Waals surface area contributed by atoms with Crippen LogP contribution in [0.2, 0.25) is 0 Å². The number of nitrogens with zero attached hydrogens (tertiary/aromatic N) is 1. The number of amides is 3. The number of hydrogen-bond donors (Lipinski definition) is 1. The molecule has 8 nitrogen and oxygen atoms in total. The average Bonchev–Trinajstić information content (AvgIpc) is 3.09. The predicted octanol–water partition coefficient (Wildman–Crippen LogP) is 3.34. The predicted molar refractivity (Wildman–Crippen MR) is 121 cm³/mol. The van der Waals surface area contributed by atoms with Crippen LogP contribution in [0.25, 0.3) is 0 Å². The number of imide groups is 1. The molecular weight excluding hydrogens is 424 g/mol. The molecule has 1 heterocycles. The lowest BCUT2D eigenvalue weighted by atomic mass is 9.85. The summed E-state index contributed by atoms with van der Waals surface area (Å²) >= 11 is 0. The second kappa shape index (κ2) is 9.68. The number of hydrogen-bond acceptors (Lipinski definition) is 6. The van der Waals surface area contributed by atoms with Crippen LogP contribution in [0.5, 0.6) is 5.75 Å². The van der Waals surface area contributed by atoms with E-state index in [1.54, 1.807) is 36.4 Å². The third kappa shape index (κ3) is 4.64. The Kier molecular flexibility index (Phi) is 6.53. The Labute approximate surface area is 191 Å². The fourth-order valence-corrected chi connectivity index (χ4v) is 4.08. The molecule has 0 radical (unpaired) electrons. The summed E-state index contributed by atoms with van der Waals surface area (Å²) in [6, 6.07) is 13.1. The first-order valence-corrected chi connectivity index (χ1v) is 10.8. The second-order valence-corrected chi connectivity index (χ2v) is 7.77. The smallest absolute Gasteiger partial charge is 0.338 e. The Morgan fingerprint density at radius 2 is 1.70 bits per heavy atom. The van der Waals surface area contributed by atoms with Crippen molar-refractivity contribution in [2.24, 2.45) is 11.8 Å². The molecule has 1 fully saturated rings. The summed E-state index contributed by atoms with van der Waals surface area (Å²) in [5.74, 6) is -1.97. The summed E-state index contributed by atoms with van der Waals surface area (Å²) in [6.07, 6.45) is 4.91. The van der Waals surface area contributed by atoms with Gasteiger partial charge in [0.05, 0.1) is 35.4 Å². The van der Waals surface area contributed by atoms with Crippen LogP contribution in [-0.2, 0) is 19.1 Å². The third-order valence-corrected chi connectivity index (χ3v) is 5.64. The van der Waals surface area contributed by atoms with Gasteiger partial charge in [-0.2, -0.15) is 0 Å². The van der Waals surface area contributed by atoms with Crippen molar-refractivity contribution in [3.05, 3.63) is 66.2 Å². The van der Waals surface area contributed by atoms with Gasteiger partial charge in [0.2, 0.25) is 11.8 Å². The van der Waals surface area contributed by atoms with Crippen molar-refractivity contribution in [2.75, 3.05) is 23.4 Å². The molecule has 1 aliphatic heterocycles. The number of ether oxygens (including phenoxy) is 2. The van der Waals surface area contributed by atoms with Crippen LogP contribution < -0.4 is 15.0 Å². The lowest BCUT2D eigenvalue weighted by Crippen LogP contribution is -2.31. The van der Waals surface area contributed by atoms with Crippen molar-refractivity contribution in [3.8, 4) is 5.75 Å². The summed E-state index contributed by atoms with van der Waals surface area (Å²) in [6.45, 7) is 1.78. The van der Waals surface area contributed by atoms with Crippen LogP contribution in [-0.4, -0.2) is 36.9 Å². The molecular formula is C25H24N2O6. The number of nitrogens with one attached hydrogen (secondary N) is 1. The van der Waals surface area contributed by atoms with E-state index in [9.17, 15) is 19.2 Å². The minimum atomic E-state index is -0.733. The molecule has 1 aliphatic carbocycles. The topological polar surface area (TPSA) is 102 Å². The first-order valence-electron chi connectivity index (χ1n) is 10.8. The van der Waals surface area contributed by atoms with Crippen LogP contribution in [0.15, 0.2) is 60.7 Å². The van der Waals surface area contributed by atoms with E-state index in [-0.39, 0.29) is 29.2 Å². The summed E-state index contributed by atoms with van der Waals surface area (Å²) in [5.41, 5.74) is 0.942. The minimum Gasteiger partial charge on any atom is -0.492 e. The maximum absolute atomic E-state index is 12.8. The van der Waals surface area contributed by atoms with Crippen LogP contribution in [0.3, 0.4) is 0 Å². The zero-order valence-corrected chi connectivity index (χ0v) is 18.2. The summed E-state index contributed by atoms with van der Waals surface area (Å²) in [5, 5.41) is 2.65. The minimum absolute atomic E-state index is 0.142. The summed E-state index contributed by atoms with van der Waals surface area (Å²) in [4.78, 5) is 51.5. The molecule has 4 rings (SSSR count). The molecule has 170 valence electrons. The molecule has 0 unspecified atom stereocenters. The molecule has 8 heteroatoms. The average molecular weight is 448 g/mol. The molecule has 2 aromatic rings. The SMILES string of the molecule is CCOc1ccccc1NC(=O)COC(=O)c1cccc(N2C(=O)[C@@H]3CC=CC[C@H]3C2=O)c1. The molecule has 33 heavy (non-hydrogen) atoms. The van der Waals surface area contributed by atoms with E-state index in [4.69, 9.17) is 9.47 Å². The van der Waals surface area contributed by atoms with Crippen molar-refractivity contribution in [2.45, 2.75) is 19.8 Å². The fraction of sp³-hybridized carbons (Fsp3) is 0.280. The maximum atomic E-state index is 12.8. The molecule has 0 bridgehead atoms. The van der Waals surface area contributed by atoms with Gasteiger partial charge in [0.25, 0.3) is 5.91 Å². The number of rotatable bonds is 7. The van der Waals surface area contributed by atoms with Gasteiger partial charge in [-0.3, -0.25) is 19.3 Å². The van der Waals surface area contributed by atoms with Gasteiger partial charge in [0, 0.05) is 0 Å². The first-order chi connectivity index (χ1) is 16.0. The van der Waals surface area contributed by atoms with E-state index >= 15 is 0 Å². The summed E-state index contributed by atoms with van der Waals surface area (Å²) in [7, 11) is 0. The maximum Gasteiger partial charge on any atom is 0.338 e. The highest BCUT2D eigenvalue weighted by molar-refractivity contribution is 6.22. The Bertz CT molecular complexity index is 1100. The number of carbonyl (C=O) groups is 4. The Morgan fingerprint density at radius 3 is 2.39 bits per heavy atom. The van der Waals surface area contributed by atoms with Gasteiger partial charge in [-0.25, -0.2) is 4.79 Å².